The summed E-state index contributed by atoms with van der Waals surface area (Å²) in [5.41, 5.74) is 1.42. The molecule has 1 fully saturated rings. The van der Waals surface area contributed by atoms with Gasteiger partial charge in [0.15, 0.2) is 5.78 Å². The minimum atomic E-state index is -0.613. The minimum Gasteiger partial charge on any atom is -0.484 e. The second-order valence-corrected chi connectivity index (χ2v) is 7.73. The molecule has 1 unspecified atom stereocenters. The van der Waals surface area contributed by atoms with Crippen LogP contribution >= 0.6 is 0 Å². The van der Waals surface area contributed by atoms with Gasteiger partial charge in [0.25, 0.3) is 5.91 Å². The first kappa shape index (κ1) is 16.8. The van der Waals surface area contributed by atoms with Gasteiger partial charge in [0.1, 0.15) is 17.0 Å². The number of nitrogens with one attached hydrogen (secondary N) is 1. The Bertz CT molecular complexity index is 857. The fourth-order valence-electron chi connectivity index (χ4n) is 3.87. The van der Waals surface area contributed by atoms with Crippen molar-refractivity contribution >= 4 is 11.7 Å². The van der Waals surface area contributed by atoms with Crippen molar-refractivity contribution in [2.24, 2.45) is 5.92 Å². The molecular formula is C20H23N3O3. The van der Waals surface area contributed by atoms with Crippen LogP contribution in [0.2, 0.25) is 0 Å². The Morgan fingerprint density at radius 2 is 2.19 bits per heavy atom. The molecule has 0 radical (unpaired) electrons. The fourth-order valence-corrected chi connectivity index (χ4v) is 3.87. The van der Waals surface area contributed by atoms with E-state index in [1.807, 2.05) is 24.3 Å². The van der Waals surface area contributed by atoms with Gasteiger partial charge in [0.05, 0.1) is 18.5 Å². The summed E-state index contributed by atoms with van der Waals surface area (Å²) in [6, 6.07) is 9.15. The van der Waals surface area contributed by atoms with Crippen molar-refractivity contribution in [3.8, 4) is 5.75 Å². The number of H-pyrrole nitrogens is 1. The van der Waals surface area contributed by atoms with E-state index in [0.29, 0.717) is 48.9 Å². The van der Waals surface area contributed by atoms with Crippen molar-refractivity contribution in [3.63, 3.8) is 0 Å². The quantitative estimate of drug-likeness (QED) is 0.921. The lowest BCUT2D eigenvalue weighted by atomic mass is 9.89. The molecule has 6 heteroatoms. The van der Waals surface area contributed by atoms with Gasteiger partial charge in [-0.25, -0.2) is 0 Å². The Kier molecular flexibility index (Phi) is 4.05. The molecule has 2 aromatic rings. The number of benzene rings is 1. The summed E-state index contributed by atoms with van der Waals surface area (Å²) in [6.45, 7) is 5.24. The number of likely N-dealkylation sites (tertiary alicyclic amines) is 1. The molecule has 26 heavy (non-hydrogen) atoms. The maximum Gasteiger partial charge on any atom is 0.274 e. The SMILES string of the molecule is CC(C)Cc1cc(C(=O)N2CCC3(CC(=O)c4ccccc4O3)C2)n[nH]1. The Morgan fingerprint density at radius 3 is 3.00 bits per heavy atom. The lowest BCUT2D eigenvalue weighted by Gasteiger charge is -2.34. The van der Waals surface area contributed by atoms with E-state index < -0.39 is 5.60 Å². The number of hydrogen-bond donors (Lipinski definition) is 1. The summed E-state index contributed by atoms with van der Waals surface area (Å²) in [5.74, 6) is 1.09. The van der Waals surface area contributed by atoms with Gasteiger partial charge in [-0.05, 0) is 30.5 Å². The zero-order chi connectivity index (χ0) is 18.3. The van der Waals surface area contributed by atoms with E-state index in [4.69, 9.17) is 4.74 Å². The monoisotopic (exact) mass is 353 g/mol. The molecule has 6 nitrogen and oxygen atoms in total. The zero-order valence-corrected chi connectivity index (χ0v) is 15.1. The number of ether oxygens (including phenoxy) is 1. The van der Waals surface area contributed by atoms with Crippen LogP contribution in [-0.4, -0.2) is 45.5 Å². The highest BCUT2D eigenvalue weighted by Crippen LogP contribution is 2.38. The normalized spacial score (nSPS) is 22.0. The number of ketones is 1. The van der Waals surface area contributed by atoms with Crippen LogP contribution < -0.4 is 4.74 Å². The van der Waals surface area contributed by atoms with Crippen LogP contribution in [0.25, 0.3) is 0 Å². The first-order valence-corrected chi connectivity index (χ1v) is 9.11. The van der Waals surface area contributed by atoms with Gasteiger partial charge in [-0.1, -0.05) is 26.0 Å². The van der Waals surface area contributed by atoms with Crippen molar-refractivity contribution in [2.45, 2.75) is 38.7 Å². The lowest BCUT2D eigenvalue weighted by molar-refractivity contribution is 0.0427. The van der Waals surface area contributed by atoms with Crippen LogP contribution in [0, 0.1) is 5.92 Å². The number of nitrogens with zero attached hydrogens (tertiary/aromatic N) is 2. The average Bonchev–Trinajstić information content (AvgIpc) is 3.21. The number of carbonyl (C=O) groups is 2. The Morgan fingerprint density at radius 1 is 1.38 bits per heavy atom. The van der Waals surface area contributed by atoms with Crippen LogP contribution in [0.5, 0.6) is 5.75 Å². The summed E-state index contributed by atoms with van der Waals surface area (Å²) < 4.78 is 6.18. The Balaban J connectivity index is 1.49. The van der Waals surface area contributed by atoms with Crippen molar-refractivity contribution < 1.29 is 14.3 Å². The predicted molar refractivity (Wildman–Crippen MR) is 96.4 cm³/mol. The highest BCUT2D eigenvalue weighted by Gasteiger charge is 2.47. The number of carbonyl (C=O) groups excluding carboxylic acids is 2. The van der Waals surface area contributed by atoms with Crippen LogP contribution in [0.15, 0.2) is 30.3 Å². The standard InChI is InChI=1S/C20H23N3O3/c1-13(2)9-14-10-16(22-21-14)19(25)23-8-7-20(12-23)11-17(24)15-5-3-4-6-18(15)26-20/h3-6,10,13H,7-9,11-12H2,1-2H3,(H,21,22). The number of aromatic nitrogens is 2. The van der Waals surface area contributed by atoms with Gasteiger partial charge in [-0.3, -0.25) is 14.7 Å². The second-order valence-electron chi connectivity index (χ2n) is 7.73. The van der Waals surface area contributed by atoms with Crippen molar-refractivity contribution in [1.29, 1.82) is 0 Å². The number of rotatable bonds is 3. The average molecular weight is 353 g/mol. The van der Waals surface area contributed by atoms with Crippen LogP contribution in [-0.2, 0) is 6.42 Å². The lowest BCUT2D eigenvalue weighted by Crippen LogP contribution is -2.45. The van der Waals surface area contributed by atoms with Crippen molar-refractivity contribution in [1.82, 2.24) is 15.1 Å². The largest absolute Gasteiger partial charge is 0.484 e. The van der Waals surface area contributed by atoms with Gasteiger partial charge in [-0.15, -0.1) is 0 Å². The Labute approximate surface area is 152 Å². The van der Waals surface area contributed by atoms with E-state index >= 15 is 0 Å². The van der Waals surface area contributed by atoms with E-state index in [1.54, 1.807) is 11.0 Å². The van der Waals surface area contributed by atoms with E-state index in [0.717, 1.165) is 12.1 Å². The third kappa shape index (κ3) is 3.00. The number of para-hydroxylation sites is 1. The molecule has 1 atom stereocenters. The molecular weight excluding hydrogens is 330 g/mol. The van der Waals surface area contributed by atoms with Crippen molar-refractivity contribution in [3.05, 3.63) is 47.3 Å². The Hall–Kier alpha value is -2.63. The summed E-state index contributed by atoms with van der Waals surface area (Å²) in [6.07, 6.45) is 1.83. The number of amides is 1. The zero-order valence-electron chi connectivity index (χ0n) is 15.1. The van der Waals surface area contributed by atoms with Gasteiger partial charge < -0.3 is 9.64 Å². The molecule has 1 saturated heterocycles. The third-order valence-electron chi connectivity index (χ3n) is 5.08. The number of hydrogen-bond acceptors (Lipinski definition) is 4. The van der Waals surface area contributed by atoms with Gasteiger partial charge in [0.2, 0.25) is 0 Å². The molecule has 4 rings (SSSR count). The maximum absolute atomic E-state index is 12.8. The van der Waals surface area contributed by atoms with Gasteiger partial charge in [0, 0.05) is 18.7 Å². The molecule has 2 aliphatic rings. The highest BCUT2D eigenvalue weighted by molar-refractivity contribution is 6.00. The summed E-state index contributed by atoms with van der Waals surface area (Å²) in [4.78, 5) is 27.0. The number of fused-ring (bicyclic) bond motifs is 1. The van der Waals surface area contributed by atoms with E-state index in [2.05, 4.69) is 24.0 Å². The van der Waals surface area contributed by atoms with Gasteiger partial charge >= 0.3 is 0 Å². The molecule has 1 N–H and O–H groups in total. The molecule has 3 heterocycles. The molecule has 0 aliphatic carbocycles. The summed E-state index contributed by atoms with van der Waals surface area (Å²) >= 11 is 0. The first-order valence-electron chi connectivity index (χ1n) is 9.11. The smallest absolute Gasteiger partial charge is 0.274 e. The third-order valence-corrected chi connectivity index (χ3v) is 5.08. The van der Waals surface area contributed by atoms with Crippen molar-refractivity contribution in [2.75, 3.05) is 13.1 Å². The first-order chi connectivity index (χ1) is 12.5. The van der Waals surface area contributed by atoms with Crippen LogP contribution in [0.4, 0.5) is 0 Å². The minimum absolute atomic E-state index is 0.0835. The van der Waals surface area contributed by atoms with E-state index in [-0.39, 0.29) is 11.7 Å². The van der Waals surface area contributed by atoms with Gasteiger partial charge in [-0.2, -0.15) is 5.10 Å². The topological polar surface area (TPSA) is 75.3 Å². The molecule has 1 spiro atoms. The molecule has 2 aliphatic heterocycles. The van der Waals surface area contributed by atoms with E-state index in [9.17, 15) is 9.59 Å². The van der Waals surface area contributed by atoms with E-state index in [1.165, 1.54) is 0 Å². The molecule has 1 aromatic carbocycles. The summed E-state index contributed by atoms with van der Waals surface area (Å²) in [5, 5.41) is 7.12. The number of aromatic amines is 1. The predicted octanol–water partition coefficient (Wildman–Crippen LogP) is 2.86. The second kappa shape index (κ2) is 6.27. The van der Waals surface area contributed by atoms with Crippen LogP contribution in [0.1, 0.15) is 53.2 Å². The molecule has 136 valence electrons. The van der Waals surface area contributed by atoms with Crippen LogP contribution in [0.3, 0.4) is 0 Å². The molecule has 1 amide bonds. The summed E-state index contributed by atoms with van der Waals surface area (Å²) in [7, 11) is 0. The highest BCUT2D eigenvalue weighted by atomic mass is 16.5. The molecule has 1 aromatic heterocycles. The molecule has 0 saturated carbocycles. The number of Topliss-reactive ketones (excluding diaryl/α,β-unsaturated/α-hetero) is 1. The fraction of sp³-hybridized carbons (Fsp3) is 0.450. The molecule has 0 bridgehead atoms. The maximum atomic E-state index is 12.8.